The molecule has 0 aliphatic carbocycles. The van der Waals surface area contributed by atoms with E-state index in [9.17, 15) is 22.8 Å². The van der Waals surface area contributed by atoms with Crippen LogP contribution in [0, 0.1) is 0 Å². The summed E-state index contributed by atoms with van der Waals surface area (Å²) in [6.45, 7) is 2.41. The number of amides is 3. The number of hydrogen-bond acceptors (Lipinski definition) is 6. The smallest absolute Gasteiger partial charge is 0.318 e. The molecule has 1 aromatic carbocycles. The van der Waals surface area contributed by atoms with Gasteiger partial charge in [-0.3, -0.25) is 14.9 Å². The number of aryl methyl sites for hydroxylation is 1. The maximum Gasteiger partial charge on any atom is 0.318 e. The van der Waals surface area contributed by atoms with Crippen molar-refractivity contribution < 1.29 is 27.5 Å². The van der Waals surface area contributed by atoms with Gasteiger partial charge in [0.2, 0.25) is 10.0 Å². The molecule has 1 aliphatic rings. The molecule has 1 aliphatic heterocycles. The van der Waals surface area contributed by atoms with Crippen LogP contribution in [0.2, 0.25) is 0 Å². The van der Waals surface area contributed by atoms with Crippen LogP contribution in [-0.4, -0.2) is 49.8 Å². The number of primary amides is 1. The van der Waals surface area contributed by atoms with Crippen LogP contribution in [-0.2, 0) is 30.8 Å². The Morgan fingerprint density at radius 1 is 1.14 bits per heavy atom. The van der Waals surface area contributed by atoms with E-state index in [-0.39, 0.29) is 11.3 Å². The summed E-state index contributed by atoms with van der Waals surface area (Å²) < 4.78 is 31.6. The molecular formula is C18H25N3O6S. The van der Waals surface area contributed by atoms with Crippen molar-refractivity contribution >= 4 is 27.9 Å². The van der Waals surface area contributed by atoms with Crippen molar-refractivity contribution in [1.82, 2.24) is 9.62 Å². The van der Waals surface area contributed by atoms with Gasteiger partial charge in [0.15, 0.2) is 6.10 Å². The van der Waals surface area contributed by atoms with Crippen LogP contribution in [0.5, 0.6) is 0 Å². The maximum atomic E-state index is 12.6. The van der Waals surface area contributed by atoms with Gasteiger partial charge < -0.3 is 10.5 Å². The molecule has 0 radical (unpaired) electrons. The maximum absolute atomic E-state index is 12.6. The molecule has 10 heteroatoms. The summed E-state index contributed by atoms with van der Waals surface area (Å²) in [4.78, 5) is 34.2. The number of piperidine rings is 1. The van der Waals surface area contributed by atoms with Crippen molar-refractivity contribution in [3.05, 3.63) is 29.8 Å². The highest BCUT2D eigenvalue weighted by molar-refractivity contribution is 7.89. The van der Waals surface area contributed by atoms with E-state index in [1.807, 2.05) is 5.32 Å². The third-order valence-electron chi connectivity index (χ3n) is 4.42. The van der Waals surface area contributed by atoms with E-state index in [0.29, 0.717) is 19.5 Å². The van der Waals surface area contributed by atoms with Crippen LogP contribution in [0.25, 0.3) is 0 Å². The summed E-state index contributed by atoms with van der Waals surface area (Å²) in [7, 11) is -3.49. The Labute approximate surface area is 164 Å². The van der Waals surface area contributed by atoms with Gasteiger partial charge in [0, 0.05) is 19.5 Å². The topological polar surface area (TPSA) is 136 Å². The molecule has 28 heavy (non-hydrogen) atoms. The number of nitrogens with zero attached hydrogens (tertiary/aromatic N) is 1. The number of hydrogen-bond donors (Lipinski definition) is 2. The third kappa shape index (κ3) is 6.03. The van der Waals surface area contributed by atoms with E-state index in [2.05, 4.69) is 0 Å². The highest BCUT2D eigenvalue weighted by Gasteiger charge is 2.25. The van der Waals surface area contributed by atoms with E-state index in [4.69, 9.17) is 10.5 Å². The van der Waals surface area contributed by atoms with Gasteiger partial charge in [0.1, 0.15) is 0 Å². The first-order chi connectivity index (χ1) is 13.2. The van der Waals surface area contributed by atoms with Gasteiger partial charge in [-0.05, 0) is 43.9 Å². The molecule has 3 amide bonds. The summed E-state index contributed by atoms with van der Waals surface area (Å²) in [6, 6.07) is 5.37. The van der Waals surface area contributed by atoms with E-state index in [1.165, 1.54) is 23.4 Å². The highest BCUT2D eigenvalue weighted by Crippen LogP contribution is 2.21. The van der Waals surface area contributed by atoms with E-state index in [1.54, 1.807) is 12.1 Å². The normalized spacial score (nSPS) is 16.2. The molecule has 1 heterocycles. The van der Waals surface area contributed by atoms with Crippen LogP contribution in [0.3, 0.4) is 0 Å². The summed E-state index contributed by atoms with van der Waals surface area (Å²) in [5, 5.41) is 1.83. The van der Waals surface area contributed by atoms with Crippen molar-refractivity contribution in [2.24, 2.45) is 5.73 Å². The molecule has 0 aromatic heterocycles. The van der Waals surface area contributed by atoms with Gasteiger partial charge in [0.05, 0.1) is 4.90 Å². The van der Waals surface area contributed by atoms with E-state index in [0.717, 1.165) is 24.8 Å². The second kappa shape index (κ2) is 9.65. The first-order valence-corrected chi connectivity index (χ1v) is 10.5. The van der Waals surface area contributed by atoms with Gasteiger partial charge >= 0.3 is 12.0 Å². The second-order valence-corrected chi connectivity index (χ2v) is 8.53. The molecule has 154 valence electrons. The molecule has 0 bridgehead atoms. The average Bonchev–Trinajstić information content (AvgIpc) is 2.67. The average molecular weight is 411 g/mol. The zero-order chi connectivity index (χ0) is 20.7. The quantitative estimate of drug-likeness (QED) is 0.640. The third-order valence-corrected chi connectivity index (χ3v) is 6.33. The number of benzene rings is 1. The Morgan fingerprint density at radius 2 is 1.75 bits per heavy atom. The number of carbonyl (C=O) groups excluding carboxylic acids is 3. The second-order valence-electron chi connectivity index (χ2n) is 6.59. The summed E-state index contributed by atoms with van der Waals surface area (Å²) >= 11 is 0. The number of urea groups is 1. The molecule has 1 atom stereocenters. The predicted octanol–water partition coefficient (Wildman–Crippen LogP) is 0.920. The van der Waals surface area contributed by atoms with Gasteiger partial charge in [-0.2, -0.15) is 4.31 Å². The van der Waals surface area contributed by atoms with Gasteiger partial charge in [-0.1, -0.05) is 18.6 Å². The Bertz CT molecular complexity index is 816. The van der Waals surface area contributed by atoms with Crippen LogP contribution in [0.1, 0.15) is 38.2 Å². The van der Waals surface area contributed by atoms with Crippen molar-refractivity contribution in [3.8, 4) is 0 Å². The van der Waals surface area contributed by atoms with Gasteiger partial charge in [0.25, 0.3) is 5.91 Å². The van der Waals surface area contributed by atoms with Crippen LogP contribution < -0.4 is 11.1 Å². The van der Waals surface area contributed by atoms with E-state index >= 15 is 0 Å². The molecule has 3 N–H and O–H groups in total. The first-order valence-electron chi connectivity index (χ1n) is 9.09. The fraction of sp³-hybridized carbons (Fsp3) is 0.500. The molecule has 9 nitrogen and oxygen atoms in total. The molecule has 1 fully saturated rings. The largest absolute Gasteiger partial charge is 0.453 e. The lowest BCUT2D eigenvalue weighted by molar-refractivity contribution is -0.154. The minimum absolute atomic E-state index is 0.00636. The monoisotopic (exact) mass is 411 g/mol. The number of esters is 1. The number of sulfonamides is 1. The summed E-state index contributed by atoms with van der Waals surface area (Å²) in [5.74, 6) is -1.41. The van der Waals surface area contributed by atoms with Crippen molar-refractivity contribution in [1.29, 1.82) is 0 Å². The number of ether oxygens (including phenoxy) is 1. The highest BCUT2D eigenvalue weighted by atomic mass is 32.2. The van der Waals surface area contributed by atoms with Crippen molar-refractivity contribution in [3.63, 3.8) is 0 Å². The van der Waals surface area contributed by atoms with E-state index < -0.39 is 34.0 Å². The first kappa shape index (κ1) is 21.8. The number of nitrogens with one attached hydrogen (secondary N) is 1. The standard InChI is InChI=1S/C18H25N3O6S/c1-13(17(23)20-18(19)24)27-16(22)10-7-14-5-8-15(9-6-14)28(25,26)21-11-3-2-4-12-21/h5-6,8-9,13H,2-4,7,10-12H2,1H3,(H3,19,20,23,24)/t13-/m1/s1. The molecule has 1 saturated heterocycles. The molecule has 0 unspecified atom stereocenters. The summed E-state index contributed by atoms with van der Waals surface area (Å²) in [6.07, 6.45) is 1.98. The van der Waals surface area contributed by atoms with Crippen molar-refractivity contribution in [2.45, 2.75) is 50.0 Å². The zero-order valence-corrected chi connectivity index (χ0v) is 16.5. The molecule has 0 saturated carbocycles. The number of imide groups is 1. The number of nitrogens with two attached hydrogens (primary N) is 1. The Kier molecular flexibility index (Phi) is 7.53. The van der Waals surface area contributed by atoms with Crippen LogP contribution >= 0.6 is 0 Å². The lowest BCUT2D eigenvalue weighted by Gasteiger charge is -2.25. The lowest BCUT2D eigenvalue weighted by atomic mass is 10.1. The molecular weight excluding hydrogens is 386 g/mol. The van der Waals surface area contributed by atoms with Crippen molar-refractivity contribution in [2.75, 3.05) is 13.1 Å². The summed E-state index contributed by atoms with van der Waals surface area (Å²) in [5.41, 5.74) is 5.60. The fourth-order valence-electron chi connectivity index (χ4n) is 2.86. The van der Waals surface area contributed by atoms with Gasteiger partial charge in [-0.15, -0.1) is 0 Å². The molecule has 2 rings (SSSR count). The number of rotatable bonds is 7. The Balaban J connectivity index is 1.87. The fourth-order valence-corrected chi connectivity index (χ4v) is 4.38. The predicted molar refractivity (Wildman–Crippen MR) is 101 cm³/mol. The van der Waals surface area contributed by atoms with Gasteiger partial charge in [-0.25, -0.2) is 13.2 Å². The SMILES string of the molecule is C[C@@H](OC(=O)CCc1ccc(S(=O)(=O)N2CCCCC2)cc1)C(=O)NC(N)=O. The Hall–Kier alpha value is -2.46. The molecule has 0 spiro atoms. The Morgan fingerprint density at radius 3 is 2.32 bits per heavy atom. The number of carbonyl (C=O) groups is 3. The minimum atomic E-state index is -3.49. The van der Waals surface area contributed by atoms with Crippen LogP contribution in [0.15, 0.2) is 29.2 Å². The molecule has 1 aromatic rings. The zero-order valence-electron chi connectivity index (χ0n) is 15.7. The van der Waals surface area contributed by atoms with Crippen LogP contribution in [0.4, 0.5) is 4.79 Å². The lowest BCUT2D eigenvalue weighted by Crippen LogP contribution is -2.42. The minimum Gasteiger partial charge on any atom is -0.453 e.